The third-order valence-corrected chi connectivity index (χ3v) is 4.51. The molecule has 2 fully saturated rings. The second-order valence-electron chi connectivity index (χ2n) is 5.07. The van der Waals surface area contributed by atoms with Gasteiger partial charge in [0.05, 0.1) is 5.75 Å². The molecule has 2 heterocycles. The minimum atomic E-state index is -3.94. The van der Waals surface area contributed by atoms with Crippen molar-refractivity contribution in [2.45, 2.75) is 19.3 Å². The van der Waals surface area contributed by atoms with Gasteiger partial charge in [-0.25, -0.2) is 0 Å². The number of rotatable bonds is 3. The highest BCUT2D eigenvalue weighted by Gasteiger charge is 2.33. The molecule has 2 aliphatic heterocycles. The third kappa shape index (κ3) is 3.66. The lowest BCUT2D eigenvalue weighted by atomic mass is 9.99. The molecule has 18 heavy (non-hydrogen) atoms. The van der Waals surface area contributed by atoms with Crippen LogP contribution in [0, 0.1) is 11.8 Å². The zero-order valence-corrected chi connectivity index (χ0v) is 11.1. The number of ether oxygens (including phenoxy) is 1. The van der Waals surface area contributed by atoms with Gasteiger partial charge in [0.2, 0.25) is 5.91 Å². The van der Waals surface area contributed by atoms with Crippen LogP contribution in [0.2, 0.25) is 0 Å². The second kappa shape index (κ2) is 5.54. The van der Waals surface area contributed by atoms with Gasteiger partial charge in [0.1, 0.15) is 0 Å². The van der Waals surface area contributed by atoms with E-state index in [0.29, 0.717) is 32.7 Å². The number of carbonyl (C=O) groups is 1. The molecule has 0 aliphatic carbocycles. The molecule has 1 atom stereocenters. The number of hydrogen-bond donors (Lipinski definition) is 1. The fraction of sp³-hybridized carbons (Fsp3) is 0.909. The predicted octanol–water partition coefficient (Wildman–Crippen LogP) is 0.149. The maximum absolute atomic E-state index is 12.2. The Morgan fingerprint density at radius 1 is 1.28 bits per heavy atom. The Bertz CT molecular complexity index is 402. The lowest BCUT2D eigenvalue weighted by molar-refractivity contribution is -0.137. The summed E-state index contributed by atoms with van der Waals surface area (Å²) in [5.74, 6) is -0.256. The number of hydrogen-bond acceptors (Lipinski definition) is 4. The first-order chi connectivity index (χ1) is 8.46. The molecular weight excluding hydrogens is 258 g/mol. The van der Waals surface area contributed by atoms with Gasteiger partial charge in [-0.2, -0.15) is 8.42 Å². The smallest absolute Gasteiger partial charge is 0.265 e. The molecule has 7 heteroatoms. The number of nitrogens with zero attached hydrogens (tertiary/aromatic N) is 1. The van der Waals surface area contributed by atoms with Crippen LogP contribution in [0.1, 0.15) is 19.3 Å². The van der Waals surface area contributed by atoms with Crippen LogP contribution in [0.25, 0.3) is 0 Å². The van der Waals surface area contributed by atoms with Crippen molar-refractivity contribution < 1.29 is 22.5 Å². The Balaban J connectivity index is 1.86. The molecule has 6 nitrogen and oxygen atoms in total. The van der Waals surface area contributed by atoms with E-state index in [1.165, 1.54) is 0 Å². The summed E-state index contributed by atoms with van der Waals surface area (Å²) >= 11 is 0. The molecule has 2 aliphatic rings. The molecule has 0 aromatic heterocycles. The summed E-state index contributed by atoms with van der Waals surface area (Å²) in [6, 6.07) is 0. The lowest BCUT2D eigenvalue weighted by Gasteiger charge is -2.26. The van der Waals surface area contributed by atoms with Crippen molar-refractivity contribution in [1.29, 1.82) is 0 Å². The first-order valence-electron chi connectivity index (χ1n) is 6.27. The van der Waals surface area contributed by atoms with Crippen molar-refractivity contribution in [3.63, 3.8) is 0 Å². The molecule has 2 saturated heterocycles. The number of carbonyl (C=O) groups excluding carboxylic acids is 1. The van der Waals surface area contributed by atoms with Gasteiger partial charge < -0.3 is 9.64 Å². The van der Waals surface area contributed by atoms with Crippen LogP contribution in [-0.2, 0) is 19.6 Å². The van der Waals surface area contributed by atoms with E-state index in [1.807, 2.05) is 0 Å². The molecule has 0 radical (unpaired) electrons. The third-order valence-electron chi connectivity index (χ3n) is 3.61. The molecule has 1 amide bonds. The Morgan fingerprint density at radius 2 is 1.94 bits per heavy atom. The van der Waals surface area contributed by atoms with Crippen molar-refractivity contribution in [1.82, 2.24) is 4.90 Å². The van der Waals surface area contributed by atoms with Gasteiger partial charge >= 0.3 is 0 Å². The van der Waals surface area contributed by atoms with Crippen molar-refractivity contribution >= 4 is 16.0 Å². The fourth-order valence-electron chi connectivity index (χ4n) is 2.67. The van der Waals surface area contributed by atoms with E-state index in [4.69, 9.17) is 9.29 Å². The monoisotopic (exact) mass is 277 g/mol. The zero-order valence-electron chi connectivity index (χ0n) is 10.2. The molecule has 0 bridgehead atoms. The van der Waals surface area contributed by atoms with Gasteiger partial charge in [-0.1, -0.05) is 0 Å². The standard InChI is InChI=1S/C11H19NO5S/c13-11(10-2-5-17-6-3-10)12-4-1-9(7-12)8-18(14,15)16/h9-10H,1-8H2,(H,14,15,16)/t9-/m1/s1. The molecule has 0 aromatic rings. The van der Waals surface area contributed by atoms with Crippen molar-refractivity contribution in [2.75, 3.05) is 32.1 Å². The normalized spacial score (nSPS) is 26.5. The molecule has 0 unspecified atom stereocenters. The van der Waals surface area contributed by atoms with E-state index in [1.54, 1.807) is 4.90 Å². The van der Waals surface area contributed by atoms with E-state index >= 15 is 0 Å². The molecule has 1 N–H and O–H groups in total. The van der Waals surface area contributed by atoms with Gasteiger partial charge in [-0.05, 0) is 25.2 Å². The Morgan fingerprint density at radius 3 is 2.56 bits per heavy atom. The molecule has 0 spiro atoms. The molecule has 104 valence electrons. The largest absolute Gasteiger partial charge is 0.381 e. The van der Waals surface area contributed by atoms with Crippen LogP contribution in [0.4, 0.5) is 0 Å². The summed E-state index contributed by atoms with van der Waals surface area (Å²) in [6.07, 6.45) is 2.14. The summed E-state index contributed by atoms with van der Waals surface area (Å²) in [5, 5.41) is 0. The highest BCUT2D eigenvalue weighted by molar-refractivity contribution is 7.85. The van der Waals surface area contributed by atoms with Gasteiger partial charge in [0.25, 0.3) is 10.1 Å². The summed E-state index contributed by atoms with van der Waals surface area (Å²) in [7, 11) is -3.94. The molecular formula is C11H19NO5S. The van der Waals surface area contributed by atoms with Gasteiger partial charge in [0, 0.05) is 32.2 Å². The van der Waals surface area contributed by atoms with Gasteiger partial charge in [0.15, 0.2) is 0 Å². The van der Waals surface area contributed by atoms with E-state index in [9.17, 15) is 13.2 Å². The van der Waals surface area contributed by atoms with Gasteiger partial charge in [-0.15, -0.1) is 0 Å². The summed E-state index contributed by atoms with van der Waals surface area (Å²) in [6.45, 7) is 2.28. The molecule has 0 saturated carbocycles. The highest BCUT2D eigenvalue weighted by atomic mass is 32.2. The molecule has 0 aromatic carbocycles. The minimum Gasteiger partial charge on any atom is -0.381 e. The van der Waals surface area contributed by atoms with Crippen LogP contribution in [0.5, 0.6) is 0 Å². The second-order valence-corrected chi connectivity index (χ2v) is 6.57. The van der Waals surface area contributed by atoms with Gasteiger partial charge in [-0.3, -0.25) is 9.35 Å². The minimum absolute atomic E-state index is 0.0169. The Labute approximate surface area is 107 Å². The number of amides is 1. The zero-order chi connectivity index (χ0) is 13.2. The Kier molecular flexibility index (Phi) is 4.24. The van der Waals surface area contributed by atoms with Crippen LogP contribution in [-0.4, -0.2) is 55.8 Å². The van der Waals surface area contributed by atoms with E-state index in [2.05, 4.69) is 0 Å². The van der Waals surface area contributed by atoms with Crippen LogP contribution in [0.15, 0.2) is 0 Å². The predicted molar refractivity (Wildman–Crippen MR) is 64.6 cm³/mol. The average Bonchev–Trinajstić information content (AvgIpc) is 2.75. The van der Waals surface area contributed by atoms with Crippen LogP contribution < -0.4 is 0 Å². The van der Waals surface area contributed by atoms with Crippen LogP contribution >= 0.6 is 0 Å². The highest BCUT2D eigenvalue weighted by Crippen LogP contribution is 2.23. The lowest BCUT2D eigenvalue weighted by Crippen LogP contribution is -2.37. The summed E-state index contributed by atoms with van der Waals surface area (Å²) < 4.78 is 35.6. The van der Waals surface area contributed by atoms with Crippen LogP contribution in [0.3, 0.4) is 0 Å². The number of likely N-dealkylation sites (tertiary alicyclic amines) is 1. The quantitative estimate of drug-likeness (QED) is 0.742. The van der Waals surface area contributed by atoms with E-state index in [0.717, 1.165) is 12.8 Å². The van der Waals surface area contributed by atoms with Crippen molar-refractivity contribution in [3.8, 4) is 0 Å². The summed E-state index contributed by atoms with van der Waals surface area (Å²) in [5.41, 5.74) is 0. The van der Waals surface area contributed by atoms with Crippen molar-refractivity contribution in [3.05, 3.63) is 0 Å². The van der Waals surface area contributed by atoms with E-state index in [-0.39, 0.29) is 23.5 Å². The van der Waals surface area contributed by atoms with Crippen molar-refractivity contribution in [2.24, 2.45) is 11.8 Å². The fourth-order valence-corrected chi connectivity index (χ4v) is 3.54. The SMILES string of the molecule is O=C(C1CCOCC1)N1CC[C@@H](CS(=O)(=O)O)C1. The topological polar surface area (TPSA) is 83.9 Å². The maximum atomic E-state index is 12.2. The summed E-state index contributed by atoms with van der Waals surface area (Å²) in [4.78, 5) is 13.9. The maximum Gasteiger partial charge on any atom is 0.265 e. The first-order valence-corrected chi connectivity index (χ1v) is 7.88. The average molecular weight is 277 g/mol. The molecule has 2 rings (SSSR count). The first kappa shape index (κ1) is 13.8. The van der Waals surface area contributed by atoms with E-state index < -0.39 is 10.1 Å². The Hall–Kier alpha value is -0.660.